The summed E-state index contributed by atoms with van der Waals surface area (Å²) in [5.74, 6) is 0.946. The van der Waals surface area contributed by atoms with Crippen LogP contribution in [0.1, 0.15) is 433 Å². The summed E-state index contributed by atoms with van der Waals surface area (Å²) in [4.78, 5) is 39.7. The van der Waals surface area contributed by atoms with E-state index in [1.807, 2.05) is 22.7 Å². The van der Waals surface area contributed by atoms with Gasteiger partial charge in [-0.25, -0.2) is 0 Å². The molecule has 2 unspecified atom stereocenters. The maximum absolute atomic E-state index is 16.1. The molecule has 98 heavy (non-hydrogen) atoms. The molecule has 0 aliphatic carbocycles. The van der Waals surface area contributed by atoms with Gasteiger partial charge in [0.1, 0.15) is 11.4 Å². The first-order valence-electron chi connectivity index (χ1n) is 43.2. The lowest BCUT2D eigenvalue weighted by molar-refractivity contribution is 0.100. The van der Waals surface area contributed by atoms with E-state index >= 15 is 9.59 Å². The maximum Gasteiger partial charge on any atom is 0.213 e. The summed E-state index contributed by atoms with van der Waals surface area (Å²) >= 11 is 3.75. The number of fused-ring (bicyclic) bond motifs is 2. The number of benzene rings is 2. The van der Waals surface area contributed by atoms with E-state index in [2.05, 4.69) is 111 Å². The third kappa shape index (κ3) is 31.6. The van der Waals surface area contributed by atoms with E-state index in [0.717, 1.165) is 48.4 Å². The second kappa shape index (κ2) is 53.3. The van der Waals surface area contributed by atoms with Gasteiger partial charge in [0.25, 0.3) is 0 Å². The molecule has 0 amide bonds. The van der Waals surface area contributed by atoms with Crippen molar-refractivity contribution in [3.8, 4) is 20.9 Å². The van der Waals surface area contributed by atoms with Crippen LogP contribution in [0.3, 0.4) is 0 Å². The quantitative estimate of drug-likeness (QED) is 0.0326. The van der Waals surface area contributed by atoms with E-state index in [1.54, 1.807) is 0 Å². The number of Topliss-reactive ketones (excluding diaryl/α,β-unsaturated/α-hetero) is 2. The number of anilines is 2. The van der Waals surface area contributed by atoms with E-state index in [1.165, 1.54) is 392 Å². The molecule has 6 heteroatoms. The minimum Gasteiger partial charge on any atom is -0.336 e. The number of rotatable bonds is 64. The molecule has 2 aliphatic rings. The van der Waals surface area contributed by atoms with Crippen molar-refractivity contribution in [2.75, 3.05) is 22.9 Å². The van der Waals surface area contributed by atoms with Crippen molar-refractivity contribution in [1.29, 1.82) is 0 Å². The topological polar surface area (TPSA) is 40.6 Å². The first-order chi connectivity index (χ1) is 48.3. The van der Waals surface area contributed by atoms with Crippen LogP contribution in [0.5, 0.6) is 0 Å². The Bertz CT molecular complexity index is 2530. The average molecular weight is 1380 g/mol. The fraction of sp³-hybridized carbons (Fsp3) is 0.739. The summed E-state index contributed by atoms with van der Waals surface area (Å²) in [5.41, 5.74) is 10.2. The molecule has 6 rings (SSSR count). The van der Waals surface area contributed by atoms with E-state index in [4.69, 9.17) is 0 Å². The second-order valence-electron chi connectivity index (χ2n) is 31.3. The van der Waals surface area contributed by atoms with Crippen molar-refractivity contribution < 1.29 is 9.59 Å². The van der Waals surface area contributed by atoms with Gasteiger partial charge in [-0.15, -0.1) is 22.7 Å². The number of nitrogens with zero attached hydrogens (tertiary/aromatic N) is 2. The predicted molar refractivity (Wildman–Crippen MR) is 437 cm³/mol. The lowest BCUT2D eigenvalue weighted by Crippen LogP contribution is -2.35. The normalized spacial score (nSPS) is 14.4. The number of allylic oxidation sites excluding steroid dienone is 2. The zero-order chi connectivity index (χ0) is 69.3. The van der Waals surface area contributed by atoms with Gasteiger partial charge in [-0.2, -0.15) is 0 Å². The highest BCUT2D eigenvalue weighted by atomic mass is 32.1. The van der Waals surface area contributed by atoms with Crippen LogP contribution < -0.4 is 9.80 Å². The smallest absolute Gasteiger partial charge is 0.213 e. The van der Waals surface area contributed by atoms with Crippen molar-refractivity contribution in [1.82, 2.24) is 0 Å². The van der Waals surface area contributed by atoms with Gasteiger partial charge in [0, 0.05) is 34.0 Å². The summed E-state index contributed by atoms with van der Waals surface area (Å²) in [7, 11) is 0. The zero-order valence-corrected chi connectivity index (χ0v) is 66.5. The van der Waals surface area contributed by atoms with Crippen LogP contribution in [0.15, 0.2) is 70.7 Å². The molecule has 4 aromatic rings. The SMILES string of the molecule is CCCCCCCCCCCCCCc1csc(-c2ccc3c(c2)N(CC(CCCCCCCC)CCCCCCCCCC)/C(=C2\C(=O)c4ccc(-c5cc(CCCCCCCCCCCCCC)cs5)cc4N2CC(CCCCCCCC)CCCCCCCCCC)C3=O)c1. The van der Waals surface area contributed by atoms with Gasteiger partial charge in [0.2, 0.25) is 11.6 Å². The molecule has 2 aliphatic heterocycles. The van der Waals surface area contributed by atoms with Gasteiger partial charge in [-0.3, -0.25) is 9.59 Å². The van der Waals surface area contributed by atoms with Crippen LogP contribution in [0.2, 0.25) is 0 Å². The van der Waals surface area contributed by atoms with Crippen LogP contribution in [-0.4, -0.2) is 24.7 Å². The third-order valence-corrected chi connectivity index (χ3v) is 24.6. The van der Waals surface area contributed by atoms with Crippen molar-refractivity contribution in [2.45, 2.75) is 414 Å². The number of aryl methyl sites for hydroxylation is 2. The van der Waals surface area contributed by atoms with Crippen LogP contribution in [0, 0.1) is 11.8 Å². The Morgan fingerprint density at radius 1 is 0.286 bits per heavy atom. The monoisotopic (exact) mass is 1380 g/mol. The molecule has 0 radical (unpaired) electrons. The zero-order valence-electron chi connectivity index (χ0n) is 64.9. The summed E-state index contributed by atoms with van der Waals surface area (Å²) in [6, 6.07) is 18.5. The molecule has 0 spiro atoms. The Kier molecular flexibility index (Phi) is 45.4. The van der Waals surface area contributed by atoms with E-state index in [-0.39, 0.29) is 11.6 Å². The molecule has 0 bridgehead atoms. The average Bonchev–Trinajstić information content (AvgIpc) is 1.57. The molecule has 4 nitrogen and oxygen atoms in total. The Labute approximate surface area is 613 Å². The molecule has 0 N–H and O–H groups in total. The largest absolute Gasteiger partial charge is 0.336 e. The first-order valence-corrected chi connectivity index (χ1v) is 44.9. The number of hydrogen-bond acceptors (Lipinski definition) is 6. The molecule has 552 valence electrons. The van der Waals surface area contributed by atoms with E-state index < -0.39 is 0 Å². The number of thiophene rings is 2. The summed E-state index contributed by atoms with van der Waals surface area (Å²) in [6.45, 7) is 15.5. The number of unbranched alkanes of at least 4 members (excludes halogenated alkanes) is 46. The van der Waals surface area contributed by atoms with Gasteiger partial charge in [0.05, 0.1) is 11.4 Å². The lowest BCUT2D eigenvalue weighted by Gasteiger charge is -2.32. The molecular formula is C92H150N2O2S2. The first kappa shape index (κ1) is 83.5. The van der Waals surface area contributed by atoms with Crippen molar-refractivity contribution in [2.24, 2.45) is 11.8 Å². The molecule has 2 aromatic heterocycles. The molecule has 0 fully saturated rings. The molecule has 2 aromatic carbocycles. The van der Waals surface area contributed by atoms with Crippen LogP contribution in [0.25, 0.3) is 20.9 Å². The predicted octanol–water partition coefficient (Wildman–Crippen LogP) is 31.3. The minimum atomic E-state index is 0.0495. The standard InChI is InChI=1S/C92H150N2O2S2/c1-7-13-19-25-31-35-37-39-41-45-51-57-63-79-69-87(97-75-79)81-65-67-83-85(71-81)93(73-77(59-53-47-29-23-17-11-5)61-55-49-43-33-27-21-15-9-3)89(91(83)95)90-92(96)84-68-66-82(88-70-80(76-98-88)64-58-52-46-42-40-38-36-32-26-20-14-8-2)72-86(84)94(90)74-78(60-54-48-30-24-18-12-6)62-56-50-44-34-28-22-16-10-4/h65-72,75-78H,7-64,73-74H2,1-6H3/b90-89+. The van der Waals surface area contributed by atoms with Gasteiger partial charge < -0.3 is 9.80 Å². The van der Waals surface area contributed by atoms with Crippen LogP contribution in [0.4, 0.5) is 11.4 Å². The molecule has 0 saturated carbocycles. The van der Waals surface area contributed by atoms with Gasteiger partial charge in [0.15, 0.2) is 0 Å². The van der Waals surface area contributed by atoms with Crippen molar-refractivity contribution in [3.05, 3.63) is 92.9 Å². The summed E-state index contributed by atoms with van der Waals surface area (Å²) < 4.78 is 0. The van der Waals surface area contributed by atoms with E-state index in [9.17, 15) is 0 Å². The number of hydrogen-bond donors (Lipinski definition) is 0. The minimum absolute atomic E-state index is 0.0495. The number of ketones is 2. The Hall–Kier alpha value is -3.48. The number of carbonyl (C=O) groups is 2. The molecule has 2 atom stereocenters. The molecule has 4 heterocycles. The van der Waals surface area contributed by atoms with E-state index in [0.29, 0.717) is 23.2 Å². The Morgan fingerprint density at radius 3 is 0.776 bits per heavy atom. The van der Waals surface area contributed by atoms with Crippen LogP contribution >= 0.6 is 22.7 Å². The maximum atomic E-state index is 16.1. The Morgan fingerprint density at radius 2 is 0.520 bits per heavy atom. The highest BCUT2D eigenvalue weighted by Gasteiger charge is 2.44. The highest BCUT2D eigenvalue weighted by molar-refractivity contribution is 7.14. The van der Waals surface area contributed by atoms with Gasteiger partial charge >= 0.3 is 0 Å². The second-order valence-corrected chi connectivity index (χ2v) is 33.2. The lowest BCUT2D eigenvalue weighted by atomic mass is 9.92. The third-order valence-electron chi connectivity index (χ3n) is 22.5. The van der Waals surface area contributed by atoms with Gasteiger partial charge in [-0.1, -0.05) is 375 Å². The fourth-order valence-electron chi connectivity index (χ4n) is 16.2. The van der Waals surface area contributed by atoms with Crippen molar-refractivity contribution in [3.63, 3.8) is 0 Å². The van der Waals surface area contributed by atoms with Crippen LogP contribution in [-0.2, 0) is 12.8 Å². The summed E-state index contributed by atoms with van der Waals surface area (Å²) in [6.07, 6.45) is 76.3. The molecule has 0 saturated heterocycles. The Balaban J connectivity index is 1.33. The fourth-order valence-corrected chi connectivity index (χ4v) is 18.1. The number of carbonyl (C=O) groups excluding carboxylic acids is 2. The molecular weight excluding hydrogens is 1230 g/mol. The summed E-state index contributed by atoms with van der Waals surface area (Å²) in [5, 5.41) is 4.81. The van der Waals surface area contributed by atoms with Crippen molar-refractivity contribution >= 4 is 45.6 Å². The van der Waals surface area contributed by atoms with Gasteiger partial charge in [-0.05, 0) is 133 Å². The highest BCUT2D eigenvalue weighted by Crippen LogP contribution is 2.47.